The van der Waals surface area contributed by atoms with E-state index in [-0.39, 0.29) is 5.57 Å². The van der Waals surface area contributed by atoms with Crippen LogP contribution in [0.25, 0.3) is 6.08 Å². The van der Waals surface area contributed by atoms with E-state index in [4.69, 9.17) is 14.4 Å². The molecule has 0 atom stereocenters. The van der Waals surface area contributed by atoms with Gasteiger partial charge in [0, 0.05) is 6.42 Å². The molecule has 0 aromatic carbocycles. The van der Waals surface area contributed by atoms with Gasteiger partial charge < -0.3 is 9.15 Å². The highest BCUT2D eigenvalue weighted by atomic mass is 16.6. The fraction of sp³-hybridized carbons (Fsp3) is 0.286. The van der Waals surface area contributed by atoms with Crippen molar-refractivity contribution in [1.82, 2.24) is 0 Å². The predicted octanol–water partition coefficient (Wildman–Crippen LogP) is 2.84. The van der Waals surface area contributed by atoms with Gasteiger partial charge in [0.05, 0.1) is 6.26 Å². The predicted molar refractivity (Wildman–Crippen MR) is 65.2 cm³/mol. The Labute approximate surface area is 105 Å². The molecule has 18 heavy (non-hydrogen) atoms. The van der Waals surface area contributed by atoms with Gasteiger partial charge >= 0.3 is 5.97 Å². The Morgan fingerprint density at radius 3 is 2.83 bits per heavy atom. The van der Waals surface area contributed by atoms with Crippen LogP contribution in [0.3, 0.4) is 0 Å². The van der Waals surface area contributed by atoms with Gasteiger partial charge in [-0.15, -0.1) is 0 Å². The van der Waals surface area contributed by atoms with Crippen molar-refractivity contribution in [2.24, 2.45) is 0 Å². The third kappa shape index (κ3) is 2.51. The number of rotatable bonds is 2. The number of carbonyl (C=O) groups excluding carboxylic acids is 1. The summed E-state index contributed by atoms with van der Waals surface area (Å²) < 4.78 is 10.3. The van der Waals surface area contributed by atoms with Crippen LogP contribution < -0.4 is 0 Å². The minimum Gasteiger partial charge on any atom is -0.465 e. The number of esters is 1. The smallest absolute Gasteiger partial charge is 0.349 e. The second-order valence-electron chi connectivity index (χ2n) is 4.69. The van der Waals surface area contributed by atoms with Crippen molar-refractivity contribution >= 4 is 12.0 Å². The number of allylic oxidation sites excluding steroid dienone is 1. The summed E-state index contributed by atoms with van der Waals surface area (Å²) in [5.74, 6) is 0.115. The number of nitriles is 1. The summed E-state index contributed by atoms with van der Waals surface area (Å²) in [6.45, 7) is 3.64. The number of hydrogen-bond donors (Lipinski definition) is 0. The highest BCUT2D eigenvalue weighted by Gasteiger charge is 2.33. The number of ether oxygens (including phenoxy) is 1. The second-order valence-corrected chi connectivity index (χ2v) is 4.69. The lowest BCUT2D eigenvalue weighted by atomic mass is 9.91. The van der Waals surface area contributed by atoms with Crippen LogP contribution in [0.5, 0.6) is 0 Å². The van der Waals surface area contributed by atoms with Crippen LogP contribution in [0.2, 0.25) is 0 Å². The van der Waals surface area contributed by atoms with Crippen molar-refractivity contribution in [3.63, 3.8) is 0 Å². The zero-order chi connectivity index (χ0) is 13.2. The van der Waals surface area contributed by atoms with Crippen molar-refractivity contribution in [2.45, 2.75) is 25.9 Å². The third-order valence-electron chi connectivity index (χ3n) is 2.61. The second kappa shape index (κ2) is 4.53. The molecule has 4 heteroatoms. The summed E-state index contributed by atoms with van der Waals surface area (Å²) in [5, 5.41) is 8.99. The molecule has 4 nitrogen and oxygen atoms in total. The molecule has 0 saturated carbocycles. The van der Waals surface area contributed by atoms with Crippen molar-refractivity contribution < 1.29 is 13.9 Å². The lowest BCUT2D eigenvalue weighted by molar-refractivity contribution is -0.152. The van der Waals surface area contributed by atoms with Crippen molar-refractivity contribution in [3.8, 4) is 6.07 Å². The van der Waals surface area contributed by atoms with E-state index in [1.54, 1.807) is 30.5 Å². The summed E-state index contributed by atoms with van der Waals surface area (Å²) in [6, 6.07) is 5.47. The van der Waals surface area contributed by atoms with Crippen molar-refractivity contribution in [1.29, 1.82) is 5.26 Å². The molecule has 0 unspecified atom stereocenters. The first-order valence-electron chi connectivity index (χ1n) is 5.60. The number of furan rings is 1. The van der Waals surface area contributed by atoms with Gasteiger partial charge in [-0.25, -0.2) is 4.79 Å². The topological polar surface area (TPSA) is 63.2 Å². The van der Waals surface area contributed by atoms with E-state index >= 15 is 0 Å². The molecule has 92 valence electrons. The van der Waals surface area contributed by atoms with E-state index in [1.807, 2.05) is 19.9 Å². The van der Waals surface area contributed by atoms with Crippen LogP contribution in [-0.2, 0) is 9.53 Å². The van der Waals surface area contributed by atoms with E-state index in [0.717, 1.165) is 0 Å². The average Bonchev–Trinajstić information content (AvgIpc) is 2.77. The monoisotopic (exact) mass is 243 g/mol. The summed E-state index contributed by atoms with van der Waals surface area (Å²) in [7, 11) is 0. The quantitative estimate of drug-likeness (QED) is 0.749. The molecule has 0 aliphatic carbocycles. The minimum absolute atomic E-state index is 0.0668. The van der Waals surface area contributed by atoms with Gasteiger partial charge in [0.1, 0.15) is 23.0 Å². The Bertz CT molecular complexity index is 556. The maximum Gasteiger partial charge on any atom is 0.349 e. The van der Waals surface area contributed by atoms with Crippen molar-refractivity contribution in [3.05, 3.63) is 41.4 Å². The summed E-state index contributed by atoms with van der Waals surface area (Å²) in [6.07, 6.45) is 5.55. The molecule has 2 heterocycles. The lowest BCUT2D eigenvalue weighted by Gasteiger charge is -2.30. The lowest BCUT2D eigenvalue weighted by Crippen LogP contribution is -2.33. The fourth-order valence-corrected chi connectivity index (χ4v) is 1.84. The normalized spacial score (nSPS) is 18.8. The van der Waals surface area contributed by atoms with Gasteiger partial charge in [-0.2, -0.15) is 5.26 Å². The maximum atomic E-state index is 11.7. The molecule has 0 fully saturated rings. The van der Waals surface area contributed by atoms with Gasteiger partial charge in [-0.1, -0.05) is 6.08 Å². The van der Waals surface area contributed by atoms with Gasteiger partial charge in [0.25, 0.3) is 0 Å². The van der Waals surface area contributed by atoms with Crippen LogP contribution in [0.1, 0.15) is 26.0 Å². The SMILES string of the molecule is CC1(C)CC(/C=C/c2ccco2)=C(C#N)C(=O)O1. The van der Waals surface area contributed by atoms with E-state index in [2.05, 4.69) is 0 Å². The van der Waals surface area contributed by atoms with Gasteiger partial charge in [-0.05, 0) is 37.6 Å². The summed E-state index contributed by atoms with van der Waals surface area (Å²) >= 11 is 0. The van der Waals surface area contributed by atoms with Gasteiger partial charge in [-0.3, -0.25) is 0 Å². The van der Waals surface area contributed by atoms with E-state index in [1.165, 1.54) is 0 Å². The van der Waals surface area contributed by atoms with E-state index < -0.39 is 11.6 Å². The minimum atomic E-state index is -0.583. The molecule has 1 aromatic heterocycles. The summed E-state index contributed by atoms with van der Waals surface area (Å²) in [5.41, 5.74) is 0.160. The zero-order valence-corrected chi connectivity index (χ0v) is 10.3. The number of cyclic esters (lactones) is 1. The molecular formula is C14H13NO3. The van der Waals surface area contributed by atoms with Crippen LogP contribution in [-0.4, -0.2) is 11.6 Å². The molecule has 2 rings (SSSR count). The first-order chi connectivity index (χ1) is 8.52. The van der Waals surface area contributed by atoms with Crippen LogP contribution in [0.15, 0.2) is 40.0 Å². The molecule has 0 radical (unpaired) electrons. The van der Waals surface area contributed by atoms with E-state index in [0.29, 0.717) is 17.8 Å². The molecule has 0 saturated heterocycles. The maximum absolute atomic E-state index is 11.7. The first kappa shape index (κ1) is 12.2. The number of carbonyl (C=O) groups is 1. The molecule has 0 amide bonds. The molecule has 0 bridgehead atoms. The Hall–Kier alpha value is -2.28. The average molecular weight is 243 g/mol. The molecule has 1 aliphatic heterocycles. The fourth-order valence-electron chi connectivity index (χ4n) is 1.84. The molecular weight excluding hydrogens is 230 g/mol. The van der Waals surface area contributed by atoms with Crippen molar-refractivity contribution in [2.75, 3.05) is 0 Å². The Kier molecular flexibility index (Phi) is 3.07. The highest BCUT2D eigenvalue weighted by molar-refractivity contribution is 5.95. The molecule has 0 spiro atoms. The molecule has 0 N–H and O–H groups in total. The Morgan fingerprint density at radius 2 is 2.22 bits per heavy atom. The highest BCUT2D eigenvalue weighted by Crippen LogP contribution is 2.30. The standard InChI is InChI=1S/C14H13NO3/c1-14(2)8-10(12(9-15)13(16)18-14)5-6-11-4-3-7-17-11/h3-7H,8H2,1-2H3/b6-5+. The first-order valence-corrected chi connectivity index (χ1v) is 5.60. The van der Waals surface area contributed by atoms with Gasteiger partial charge in [0.15, 0.2) is 0 Å². The zero-order valence-electron chi connectivity index (χ0n) is 10.3. The van der Waals surface area contributed by atoms with Crippen LogP contribution in [0.4, 0.5) is 0 Å². The number of nitrogens with zero attached hydrogens (tertiary/aromatic N) is 1. The molecule has 1 aliphatic rings. The Morgan fingerprint density at radius 1 is 1.44 bits per heavy atom. The third-order valence-corrected chi connectivity index (χ3v) is 2.61. The van der Waals surface area contributed by atoms with E-state index in [9.17, 15) is 4.79 Å². The Balaban J connectivity index is 2.33. The summed E-state index contributed by atoms with van der Waals surface area (Å²) in [4.78, 5) is 11.7. The number of hydrogen-bond acceptors (Lipinski definition) is 4. The van der Waals surface area contributed by atoms with Crippen LogP contribution >= 0.6 is 0 Å². The largest absolute Gasteiger partial charge is 0.465 e. The van der Waals surface area contributed by atoms with Crippen LogP contribution in [0, 0.1) is 11.3 Å². The molecule has 1 aromatic rings. The van der Waals surface area contributed by atoms with Gasteiger partial charge in [0.2, 0.25) is 0 Å².